The number of ether oxygens (including phenoxy) is 8. The Hall–Kier alpha value is -7.40. The molecule has 0 saturated heterocycles. The maximum atomic E-state index is 6.65. The van der Waals surface area contributed by atoms with E-state index in [0.29, 0.717) is 51.1 Å². The lowest BCUT2D eigenvalue weighted by atomic mass is 9.69. The van der Waals surface area contributed by atoms with E-state index in [1.165, 1.54) is 0 Å². The van der Waals surface area contributed by atoms with Crippen molar-refractivity contribution in [3.63, 3.8) is 0 Å². The van der Waals surface area contributed by atoms with Gasteiger partial charge in [-0.15, -0.1) is 25.7 Å². The summed E-state index contributed by atoms with van der Waals surface area (Å²) in [5, 5.41) is 0. The molecule has 6 rings (SSSR count). The van der Waals surface area contributed by atoms with Crippen LogP contribution in [-0.2, 0) is 24.4 Å². The number of rotatable bonds is 26. The lowest BCUT2D eigenvalue weighted by Crippen LogP contribution is -2.28. The average Bonchev–Trinajstić information content (AvgIpc) is 3.36. The first kappa shape index (κ1) is 48.1. The molecule has 0 aliphatic carbocycles. The van der Waals surface area contributed by atoms with Gasteiger partial charge in [-0.3, -0.25) is 0 Å². The van der Waals surface area contributed by atoms with Crippen LogP contribution in [0.25, 0.3) is 33.4 Å². The number of terminal acetylenes is 4. The molecule has 0 N–H and O–H groups in total. The van der Waals surface area contributed by atoms with Crippen molar-refractivity contribution in [1.82, 2.24) is 0 Å². The van der Waals surface area contributed by atoms with Gasteiger partial charge in [-0.25, -0.2) is 0 Å². The van der Waals surface area contributed by atoms with Crippen molar-refractivity contribution in [3.8, 4) is 106 Å². The summed E-state index contributed by atoms with van der Waals surface area (Å²) >= 11 is 0. The molecule has 6 aromatic carbocycles. The molecule has 66 heavy (non-hydrogen) atoms. The molecule has 0 aromatic heterocycles. The van der Waals surface area contributed by atoms with Crippen molar-refractivity contribution in [2.75, 3.05) is 79.3 Å². The van der Waals surface area contributed by atoms with E-state index in [0.717, 1.165) is 61.6 Å². The Morgan fingerprint density at radius 2 is 0.697 bits per heavy atom. The molecule has 0 saturated carbocycles. The van der Waals surface area contributed by atoms with Crippen molar-refractivity contribution in [2.24, 2.45) is 0 Å². The highest BCUT2D eigenvalue weighted by Crippen LogP contribution is 2.49. The number of benzene rings is 6. The summed E-state index contributed by atoms with van der Waals surface area (Å²) in [6.45, 7) is 5.77. The summed E-state index contributed by atoms with van der Waals surface area (Å²) < 4.78 is 47.2. The Balaban J connectivity index is 1.49. The zero-order valence-corrected chi connectivity index (χ0v) is 37.3. The summed E-state index contributed by atoms with van der Waals surface area (Å²) in [4.78, 5) is 0. The standard InChI is InChI=1S/C58H54O8/c1-6-31-59-35-39-63-52-25-17-47(18-26-52)49-21-29-56(65-41-37-61-33-8-3)54(43-49)58(5,51-23-15-46(16-24-51)45-13-11-10-12-14-45)55-44-50(22-30-57(55)66-42-38-62-34-9-4)48-19-27-53(28-20-48)64-40-36-60-32-7-2/h1-4,10-30,43-44H,31-42H2,5H3. The number of hydrogen-bond acceptors (Lipinski definition) is 8. The van der Waals surface area contributed by atoms with Crippen molar-refractivity contribution < 1.29 is 37.9 Å². The molecule has 0 radical (unpaired) electrons. The summed E-state index contributed by atoms with van der Waals surface area (Å²) in [5.41, 5.74) is 8.02. The maximum absolute atomic E-state index is 6.65. The van der Waals surface area contributed by atoms with Gasteiger partial charge in [0.1, 0.15) is 75.9 Å². The Bertz CT molecular complexity index is 2450. The monoisotopic (exact) mass is 878 g/mol. The van der Waals surface area contributed by atoms with E-state index in [1.807, 2.05) is 78.9 Å². The predicted octanol–water partition coefficient (Wildman–Crippen LogP) is 10.2. The molecule has 0 spiro atoms. The SMILES string of the molecule is C#CCOCCOc1ccc(-c2ccc(OCCOCC#C)c(C(C)(c3ccc(-c4ccccc4)cc3)c3cc(-c4ccc(OCCOCC#C)cc4)ccc3OCCOCC#C)c2)cc1. The van der Waals surface area contributed by atoms with E-state index in [2.05, 4.69) is 91.3 Å². The van der Waals surface area contributed by atoms with Crippen LogP contribution in [0.1, 0.15) is 23.6 Å². The van der Waals surface area contributed by atoms with Crippen molar-refractivity contribution in [3.05, 3.63) is 156 Å². The van der Waals surface area contributed by atoms with Crippen LogP contribution in [0.15, 0.2) is 140 Å². The zero-order valence-electron chi connectivity index (χ0n) is 37.3. The fourth-order valence-electron chi connectivity index (χ4n) is 7.40. The molecule has 0 aliphatic heterocycles. The number of hydrogen-bond donors (Lipinski definition) is 0. The normalized spacial score (nSPS) is 10.8. The molecule has 8 nitrogen and oxygen atoms in total. The average molecular weight is 879 g/mol. The molecule has 8 heteroatoms. The van der Waals surface area contributed by atoms with Gasteiger partial charge in [0, 0.05) is 16.5 Å². The molecule has 0 bridgehead atoms. The summed E-state index contributed by atoms with van der Waals surface area (Å²) in [6, 6.07) is 47.5. The fraction of sp³-hybridized carbons (Fsp3) is 0.241. The van der Waals surface area contributed by atoms with E-state index >= 15 is 0 Å². The second kappa shape index (κ2) is 25.8. The Morgan fingerprint density at radius 3 is 1.09 bits per heavy atom. The van der Waals surface area contributed by atoms with Crippen LogP contribution < -0.4 is 18.9 Å². The maximum Gasteiger partial charge on any atom is 0.123 e. The van der Waals surface area contributed by atoms with Crippen LogP contribution in [0.5, 0.6) is 23.0 Å². The first-order valence-electron chi connectivity index (χ1n) is 21.7. The highest BCUT2D eigenvalue weighted by molar-refractivity contribution is 5.73. The molecular formula is C58H54O8. The molecule has 0 atom stereocenters. The molecule has 0 aliphatic rings. The predicted molar refractivity (Wildman–Crippen MR) is 262 cm³/mol. The Kier molecular flexibility index (Phi) is 18.8. The van der Waals surface area contributed by atoms with Gasteiger partial charge >= 0.3 is 0 Å². The third-order valence-electron chi connectivity index (χ3n) is 10.7. The first-order valence-corrected chi connectivity index (χ1v) is 21.7. The third-order valence-corrected chi connectivity index (χ3v) is 10.7. The van der Waals surface area contributed by atoms with Crippen LogP contribution in [0.4, 0.5) is 0 Å². The van der Waals surface area contributed by atoms with Crippen LogP contribution >= 0.6 is 0 Å². The van der Waals surface area contributed by atoms with E-state index < -0.39 is 5.41 Å². The summed E-state index contributed by atoms with van der Waals surface area (Å²) in [5.74, 6) is 12.8. The lowest BCUT2D eigenvalue weighted by molar-refractivity contribution is 0.123. The van der Waals surface area contributed by atoms with Gasteiger partial charge in [0.25, 0.3) is 0 Å². The molecule has 334 valence electrons. The van der Waals surface area contributed by atoms with E-state index in [9.17, 15) is 0 Å². The highest BCUT2D eigenvalue weighted by Gasteiger charge is 2.37. The minimum atomic E-state index is -0.895. The lowest BCUT2D eigenvalue weighted by Gasteiger charge is -2.35. The van der Waals surface area contributed by atoms with E-state index in [-0.39, 0.29) is 39.6 Å². The topological polar surface area (TPSA) is 73.8 Å². The molecule has 6 aromatic rings. The van der Waals surface area contributed by atoms with Gasteiger partial charge in [-0.05, 0) is 94.4 Å². The van der Waals surface area contributed by atoms with Crippen LogP contribution in [0.2, 0.25) is 0 Å². The zero-order chi connectivity index (χ0) is 46.2. The first-order chi connectivity index (χ1) is 32.5. The van der Waals surface area contributed by atoms with Gasteiger partial charge in [-0.2, -0.15) is 0 Å². The van der Waals surface area contributed by atoms with Crippen LogP contribution in [0.3, 0.4) is 0 Å². The van der Waals surface area contributed by atoms with Gasteiger partial charge in [0.15, 0.2) is 0 Å². The van der Waals surface area contributed by atoms with Gasteiger partial charge < -0.3 is 37.9 Å². The Labute approximate surface area is 390 Å². The van der Waals surface area contributed by atoms with Crippen LogP contribution in [0, 0.1) is 49.4 Å². The molecular weight excluding hydrogens is 825 g/mol. The molecule has 0 amide bonds. The minimum absolute atomic E-state index is 0.185. The summed E-state index contributed by atoms with van der Waals surface area (Å²) in [6.07, 6.45) is 21.6. The highest BCUT2D eigenvalue weighted by atomic mass is 16.5. The van der Waals surface area contributed by atoms with Crippen molar-refractivity contribution in [1.29, 1.82) is 0 Å². The van der Waals surface area contributed by atoms with E-state index in [4.69, 9.17) is 63.6 Å². The second-order valence-corrected chi connectivity index (χ2v) is 15.0. The van der Waals surface area contributed by atoms with Gasteiger partial charge in [0.2, 0.25) is 0 Å². The van der Waals surface area contributed by atoms with Crippen LogP contribution in [-0.4, -0.2) is 79.3 Å². The van der Waals surface area contributed by atoms with Gasteiger partial charge in [-0.1, -0.05) is 115 Å². The largest absolute Gasteiger partial charge is 0.491 e. The Morgan fingerprint density at radius 1 is 0.364 bits per heavy atom. The van der Waals surface area contributed by atoms with Crippen molar-refractivity contribution in [2.45, 2.75) is 12.3 Å². The molecule has 0 heterocycles. The summed E-state index contributed by atoms with van der Waals surface area (Å²) in [7, 11) is 0. The fourth-order valence-corrected chi connectivity index (χ4v) is 7.40. The minimum Gasteiger partial charge on any atom is -0.491 e. The smallest absolute Gasteiger partial charge is 0.123 e. The second-order valence-electron chi connectivity index (χ2n) is 15.0. The third kappa shape index (κ3) is 13.3. The van der Waals surface area contributed by atoms with Crippen molar-refractivity contribution >= 4 is 0 Å². The quantitative estimate of drug-likeness (QED) is 0.0303. The molecule has 0 fully saturated rings. The molecule has 0 unspecified atom stereocenters. The van der Waals surface area contributed by atoms with Gasteiger partial charge in [0.05, 0.1) is 26.4 Å². The van der Waals surface area contributed by atoms with E-state index in [1.54, 1.807) is 0 Å².